The number of nitrogens with zero attached hydrogens (tertiary/aromatic N) is 2. The maximum atomic E-state index is 14.3. The smallest absolute Gasteiger partial charge is 0.331 e. The molecule has 2 N–H and O–H groups in total. The van der Waals surface area contributed by atoms with E-state index in [1.807, 2.05) is 55.5 Å². The van der Waals surface area contributed by atoms with E-state index in [9.17, 15) is 27.9 Å². The van der Waals surface area contributed by atoms with E-state index in [1.54, 1.807) is 48.2 Å². The summed E-state index contributed by atoms with van der Waals surface area (Å²) in [6.07, 6.45) is -4.39. The predicted octanol–water partition coefficient (Wildman–Crippen LogP) is 3.75. The van der Waals surface area contributed by atoms with Crippen LogP contribution >= 0.6 is 0 Å². The SMILES string of the molecule is COC(=O)[C@@H](NC(=O)[C@@H](CC(=O)N1CCOCC1)Cc1cccc2ccccc12)[C@H](O)[C@@H]1O[C@H](c2ccccc2)[C@H](C)N1S(=O)(=O)c1ccc(C)cc1. The van der Waals surface area contributed by atoms with Crippen LogP contribution in [0.3, 0.4) is 0 Å². The highest BCUT2D eigenvalue weighted by molar-refractivity contribution is 7.89. The summed E-state index contributed by atoms with van der Waals surface area (Å²) in [5.41, 5.74) is 2.34. The Bertz CT molecular complexity index is 2020. The Labute approximate surface area is 309 Å². The fraction of sp³-hybridized carbons (Fsp3) is 0.375. The van der Waals surface area contributed by atoms with Crippen molar-refractivity contribution < 1.29 is 42.1 Å². The third-order valence-corrected chi connectivity index (χ3v) is 12.0. The molecule has 2 amide bonds. The molecule has 4 aromatic carbocycles. The maximum Gasteiger partial charge on any atom is 0.331 e. The van der Waals surface area contributed by atoms with Crippen molar-refractivity contribution in [3.05, 3.63) is 114 Å². The molecule has 6 atom stereocenters. The average molecular weight is 744 g/mol. The summed E-state index contributed by atoms with van der Waals surface area (Å²) in [6, 6.07) is 26.1. The number of ether oxygens (including phenoxy) is 3. The lowest BCUT2D eigenvalue weighted by Gasteiger charge is -2.33. The van der Waals surface area contributed by atoms with Crippen LogP contribution in [0.15, 0.2) is 102 Å². The molecule has 4 aromatic rings. The van der Waals surface area contributed by atoms with E-state index < -0.39 is 58.3 Å². The molecule has 2 saturated heterocycles. The quantitative estimate of drug-likeness (QED) is 0.207. The number of sulfonamides is 1. The summed E-state index contributed by atoms with van der Waals surface area (Å²) >= 11 is 0. The van der Waals surface area contributed by atoms with Crippen LogP contribution < -0.4 is 5.32 Å². The van der Waals surface area contributed by atoms with Gasteiger partial charge in [-0.25, -0.2) is 13.2 Å². The summed E-state index contributed by atoms with van der Waals surface area (Å²) in [5, 5.41) is 16.5. The second kappa shape index (κ2) is 16.6. The molecule has 2 aliphatic heterocycles. The number of hydrogen-bond acceptors (Lipinski definition) is 9. The van der Waals surface area contributed by atoms with Gasteiger partial charge in [0.1, 0.15) is 12.2 Å². The summed E-state index contributed by atoms with van der Waals surface area (Å²) in [5.74, 6) is -2.92. The molecule has 53 heavy (non-hydrogen) atoms. The van der Waals surface area contributed by atoms with Gasteiger partial charge in [0.05, 0.1) is 37.2 Å². The van der Waals surface area contributed by atoms with Crippen LogP contribution in [-0.4, -0.2) is 98.3 Å². The summed E-state index contributed by atoms with van der Waals surface area (Å²) in [6.45, 7) is 5.04. The van der Waals surface area contributed by atoms with Crippen molar-refractivity contribution in [3.63, 3.8) is 0 Å². The third-order valence-electron chi connectivity index (χ3n) is 9.99. The number of hydrogen-bond donors (Lipinski definition) is 2. The molecule has 280 valence electrons. The molecule has 0 aromatic heterocycles. The minimum absolute atomic E-state index is 0.0279. The maximum absolute atomic E-state index is 14.3. The zero-order chi connectivity index (χ0) is 37.7. The van der Waals surface area contributed by atoms with E-state index in [0.717, 1.165) is 33.3 Å². The Morgan fingerprint density at radius 2 is 1.58 bits per heavy atom. The van der Waals surface area contributed by atoms with Crippen molar-refractivity contribution in [2.45, 2.75) is 62.1 Å². The first-order valence-corrected chi connectivity index (χ1v) is 19.1. The number of nitrogens with one attached hydrogen (secondary N) is 1. The number of aliphatic hydroxyl groups is 1. The van der Waals surface area contributed by atoms with E-state index in [-0.39, 0.29) is 23.6 Å². The predicted molar refractivity (Wildman–Crippen MR) is 197 cm³/mol. The molecular weight excluding hydrogens is 699 g/mol. The minimum atomic E-state index is -4.32. The number of benzene rings is 4. The number of esters is 1. The molecule has 2 heterocycles. The van der Waals surface area contributed by atoms with Gasteiger partial charge in [-0.15, -0.1) is 0 Å². The normalized spacial score (nSPS) is 21.1. The number of aliphatic hydroxyl groups excluding tert-OH is 1. The number of rotatable bonds is 12. The van der Waals surface area contributed by atoms with Crippen molar-refractivity contribution >= 4 is 38.6 Å². The van der Waals surface area contributed by atoms with Gasteiger partial charge in [-0.3, -0.25) is 9.59 Å². The van der Waals surface area contributed by atoms with Crippen LogP contribution in [-0.2, 0) is 45.0 Å². The standard InChI is InChI=1S/C40H45N3O9S/c1-26-16-18-32(19-17-26)53(48,49)43-27(2)37(29-11-5-4-6-12-29)52-39(43)36(45)35(40(47)50-3)41-38(46)31(25-34(44)42-20-22-51-23-21-42)24-30-14-9-13-28-10-7-8-15-33(28)30/h4-19,27,31,35-37,39,45H,20-25H2,1-3H3,(H,41,46)/t27-,31+,35-,36-,37-,39-/m0/s1. The fourth-order valence-electron chi connectivity index (χ4n) is 7.10. The molecule has 0 bridgehead atoms. The lowest BCUT2D eigenvalue weighted by molar-refractivity contribution is -0.155. The first kappa shape index (κ1) is 38.1. The minimum Gasteiger partial charge on any atom is -0.467 e. The van der Waals surface area contributed by atoms with Gasteiger partial charge in [0.2, 0.25) is 21.8 Å². The zero-order valence-corrected chi connectivity index (χ0v) is 30.8. The number of morpholine rings is 1. The fourth-order valence-corrected chi connectivity index (χ4v) is 8.82. The molecule has 2 aliphatic rings. The topological polar surface area (TPSA) is 152 Å². The molecule has 0 unspecified atom stereocenters. The molecule has 0 radical (unpaired) electrons. The van der Waals surface area contributed by atoms with Crippen LogP contribution in [0.2, 0.25) is 0 Å². The van der Waals surface area contributed by atoms with Crippen molar-refractivity contribution in [1.82, 2.24) is 14.5 Å². The van der Waals surface area contributed by atoms with Crippen LogP contribution in [0.25, 0.3) is 10.8 Å². The van der Waals surface area contributed by atoms with Crippen molar-refractivity contribution in [3.8, 4) is 0 Å². The van der Waals surface area contributed by atoms with Crippen molar-refractivity contribution in [2.24, 2.45) is 5.92 Å². The molecule has 12 nitrogen and oxygen atoms in total. The Morgan fingerprint density at radius 1 is 0.925 bits per heavy atom. The Balaban J connectivity index is 1.34. The van der Waals surface area contributed by atoms with Gasteiger partial charge >= 0.3 is 5.97 Å². The number of fused-ring (bicyclic) bond motifs is 1. The number of carbonyl (C=O) groups excluding carboxylic acids is 3. The first-order chi connectivity index (χ1) is 25.5. The summed E-state index contributed by atoms with van der Waals surface area (Å²) < 4.78 is 46.5. The largest absolute Gasteiger partial charge is 0.467 e. The zero-order valence-electron chi connectivity index (χ0n) is 30.0. The van der Waals surface area contributed by atoms with Crippen LogP contribution in [0.5, 0.6) is 0 Å². The van der Waals surface area contributed by atoms with Crippen molar-refractivity contribution in [1.29, 1.82) is 0 Å². The van der Waals surface area contributed by atoms with E-state index in [0.29, 0.717) is 31.9 Å². The molecule has 13 heteroatoms. The van der Waals surface area contributed by atoms with Crippen LogP contribution in [0.4, 0.5) is 0 Å². The monoisotopic (exact) mass is 743 g/mol. The third kappa shape index (κ3) is 8.29. The Hall–Kier alpha value is -4.66. The molecule has 0 aliphatic carbocycles. The van der Waals surface area contributed by atoms with E-state index in [1.165, 1.54) is 12.1 Å². The molecule has 6 rings (SSSR count). The lowest BCUT2D eigenvalue weighted by atomic mass is 9.91. The van der Waals surface area contributed by atoms with Gasteiger partial charge in [-0.1, -0.05) is 90.5 Å². The second-order valence-corrected chi connectivity index (χ2v) is 15.3. The first-order valence-electron chi connectivity index (χ1n) is 17.7. The van der Waals surface area contributed by atoms with Gasteiger partial charge in [0.25, 0.3) is 0 Å². The highest BCUT2D eigenvalue weighted by Gasteiger charge is 2.53. The van der Waals surface area contributed by atoms with Crippen LogP contribution in [0.1, 0.15) is 36.1 Å². The van der Waals surface area contributed by atoms with Gasteiger partial charge in [-0.2, -0.15) is 4.31 Å². The summed E-state index contributed by atoms with van der Waals surface area (Å²) in [4.78, 5) is 43.0. The van der Waals surface area contributed by atoms with Crippen molar-refractivity contribution in [2.75, 3.05) is 33.4 Å². The molecule has 0 saturated carbocycles. The average Bonchev–Trinajstić information content (AvgIpc) is 3.54. The van der Waals surface area contributed by atoms with Gasteiger partial charge in [0.15, 0.2) is 12.3 Å². The number of amides is 2. The Kier molecular flexibility index (Phi) is 11.9. The highest BCUT2D eigenvalue weighted by atomic mass is 32.2. The number of carbonyl (C=O) groups is 3. The Morgan fingerprint density at radius 3 is 2.28 bits per heavy atom. The molecule has 0 spiro atoms. The van der Waals surface area contributed by atoms with E-state index >= 15 is 0 Å². The number of aryl methyl sites for hydroxylation is 1. The molecular formula is C40H45N3O9S. The van der Waals surface area contributed by atoms with Gasteiger partial charge in [-0.05, 0) is 54.3 Å². The highest BCUT2D eigenvalue weighted by Crippen LogP contribution is 2.40. The van der Waals surface area contributed by atoms with Crippen LogP contribution in [0, 0.1) is 12.8 Å². The lowest BCUT2D eigenvalue weighted by Crippen LogP contribution is -2.59. The molecule has 2 fully saturated rings. The van der Waals surface area contributed by atoms with Gasteiger partial charge < -0.3 is 29.5 Å². The van der Waals surface area contributed by atoms with E-state index in [4.69, 9.17) is 14.2 Å². The summed E-state index contributed by atoms with van der Waals surface area (Å²) in [7, 11) is -3.21. The van der Waals surface area contributed by atoms with E-state index in [2.05, 4.69) is 5.32 Å². The van der Waals surface area contributed by atoms with Gasteiger partial charge in [0, 0.05) is 19.5 Å². The number of methoxy groups -OCH3 is 1. The second-order valence-electron chi connectivity index (χ2n) is 13.5.